The van der Waals surface area contributed by atoms with Crippen molar-refractivity contribution >= 4 is 21.7 Å². The molecule has 0 aliphatic heterocycles. The molecule has 1 aliphatic rings. The van der Waals surface area contributed by atoms with E-state index in [0.29, 0.717) is 11.7 Å². The van der Waals surface area contributed by atoms with Gasteiger partial charge >= 0.3 is 0 Å². The Labute approximate surface area is 118 Å². The van der Waals surface area contributed by atoms with E-state index < -0.39 is 0 Å². The average Bonchev–Trinajstić information content (AvgIpc) is 2.32. The van der Waals surface area contributed by atoms with Crippen molar-refractivity contribution in [1.82, 2.24) is 0 Å². The molecule has 1 nitrogen and oxygen atoms in total. The van der Waals surface area contributed by atoms with Crippen LogP contribution in [0.5, 0.6) is 0 Å². The van der Waals surface area contributed by atoms with Crippen LogP contribution in [0.2, 0.25) is 0 Å². The first-order valence-corrected chi connectivity index (χ1v) is 7.58. The van der Waals surface area contributed by atoms with Crippen molar-refractivity contribution in [2.45, 2.75) is 40.0 Å². The van der Waals surface area contributed by atoms with E-state index in [1.807, 2.05) is 25.1 Å². The largest absolute Gasteiger partial charge is 0.294 e. The van der Waals surface area contributed by atoms with Crippen LogP contribution >= 0.6 is 15.9 Å². The van der Waals surface area contributed by atoms with Crippen LogP contribution in [-0.2, 0) is 0 Å². The Morgan fingerprint density at radius 3 is 2.56 bits per heavy atom. The maximum atomic E-state index is 12.6. The number of Topliss-reactive ketones (excluding diaryl/α,β-unsaturated/α-hetero) is 1. The summed E-state index contributed by atoms with van der Waals surface area (Å²) in [5, 5.41) is 0. The number of aryl methyl sites for hydroxylation is 1. The summed E-state index contributed by atoms with van der Waals surface area (Å²) in [7, 11) is 0. The van der Waals surface area contributed by atoms with Crippen molar-refractivity contribution in [2.24, 2.45) is 17.8 Å². The maximum Gasteiger partial charge on any atom is 0.167 e. The summed E-state index contributed by atoms with van der Waals surface area (Å²) in [5.41, 5.74) is 2.04. The second kappa shape index (κ2) is 5.56. The first kappa shape index (κ1) is 13.8. The van der Waals surface area contributed by atoms with Gasteiger partial charge in [-0.2, -0.15) is 0 Å². The Morgan fingerprint density at radius 1 is 1.22 bits per heavy atom. The molecule has 1 aromatic carbocycles. The molecule has 0 aromatic heterocycles. The highest BCUT2D eigenvalue weighted by Gasteiger charge is 2.30. The number of halogens is 1. The summed E-state index contributed by atoms with van der Waals surface area (Å²) in [5.74, 6) is 1.96. The normalized spacial score (nSPS) is 28.1. The molecule has 0 radical (unpaired) electrons. The average molecular weight is 309 g/mol. The Bertz CT molecular complexity index is 452. The molecule has 3 unspecified atom stereocenters. The highest BCUT2D eigenvalue weighted by Crippen LogP contribution is 2.36. The molecule has 18 heavy (non-hydrogen) atoms. The molecule has 1 aliphatic carbocycles. The molecule has 1 saturated carbocycles. The van der Waals surface area contributed by atoms with Crippen molar-refractivity contribution in [1.29, 1.82) is 0 Å². The highest BCUT2D eigenvalue weighted by molar-refractivity contribution is 9.10. The number of ketones is 1. The molecule has 0 N–H and O–H groups in total. The van der Waals surface area contributed by atoms with Gasteiger partial charge < -0.3 is 0 Å². The smallest absolute Gasteiger partial charge is 0.167 e. The van der Waals surface area contributed by atoms with Crippen molar-refractivity contribution < 1.29 is 4.79 Å². The van der Waals surface area contributed by atoms with Crippen LogP contribution in [0.3, 0.4) is 0 Å². The number of carbonyl (C=O) groups excluding carboxylic acids is 1. The monoisotopic (exact) mass is 308 g/mol. The Kier molecular flexibility index (Phi) is 4.26. The lowest BCUT2D eigenvalue weighted by Crippen LogP contribution is -2.26. The van der Waals surface area contributed by atoms with Gasteiger partial charge in [0.2, 0.25) is 0 Å². The summed E-state index contributed by atoms with van der Waals surface area (Å²) >= 11 is 3.52. The Balaban J connectivity index is 2.16. The summed E-state index contributed by atoms with van der Waals surface area (Å²) in [6, 6.07) is 6.01. The molecule has 2 rings (SSSR count). The number of rotatable bonds is 2. The van der Waals surface area contributed by atoms with Crippen LogP contribution in [-0.4, -0.2) is 5.78 Å². The van der Waals surface area contributed by atoms with Gasteiger partial charge in [0.25, 0.3) is 0 Å². The van der Waals surface area contributed by atoms with Crippen LogP contribution in [0.15, 0.2) is 22.7 Å². The van der Waals surface area contributed by atoms with E-state index in [4.69, 9.17) is 0 Å². The summed E-state index contributed by atoms with van der Waals surface area (Å²) in [6.07, 6.45) is 3.27. The van der Waals surface area contributed by atoms with Crippen molar-refractivity contribution in [2.75, 3.05) is 0 Å². The van der Waals surface area contributed by atoms with Gasteiger partial charge in [0.05, 0.1) is 0 Å². The lowest BCUT2D eigenvalue weighted by molar-refractivity contribution is 0.0837. The number of benzene rings is 1. The predicted molar refractivity (Wildman–Crippen MR) is 78.9 cm³/mol. The van der Waals surface area contributed by atoms with Crippen molar-refractivity contribution in [3.05, 3.63) is 33.8 Å². The van der Waals surface area contributed by atoms with Gasteiger partial charge in [-0.15, -0.1) is 0 Å². The molecule has 0 spiro atoms. The van der Waals surface area contributed by atoms with Gasteiger partial charge in [-0.1, -0.05) is 35.8 Å². The lowest BCUT2D eigenvalue weighted by atomic mass is 9.73. The van der Waals surface area contributed by atoms with Crippen LogP contribution in [0.1, 0.15) is 49.0 Å². The minimum atomic E-state index is 0.218. The van der Waals surface area contributed by atoms with Gasteiger partial charge in [-0.25, -0.2) is 0 Å². The summed E-state index contributed by atoms with van der Waals surface area (Å²) < 4.78 is 0.943. The van der Waals surface area contributed by atoms with E-state index in [0.717, 1.165) is 28.8 Å². The van der Waals surface area contributed by atoms with E-state index in [1.54, 1.807) is 0 Å². The lowest BCUT2D eigenvalue weighted by Gasteiger charge is -2.31. The SMILES string of the molecule is Cc1ccc(C(=O)C2CCC(C)C(C)C2)c(Br)c1. The second-order valence-corrected chi connectivity index (χ2v) is 6.67. The summed E-state index contributed by atoms with van der Waals surface area (Å²) in [4.78, 5) is 12.6. The second-order valence-electron chi connectivity index (χ2n) is 5.81. The first-order chi connectivity index (χ1) is 8.49. The van der Waals surface area contributed by atoms with Crippen LogP contribution in [0.4, 0.5) is 0 Å². The predicted octanol–water partition coefficient (Wildman–Crippen LogP) is 5.01. The molecule has 0 bridgehead atoms. The van der Waals surface area contributed by atoms with E-state index >= 15 is 0 Å². The number of carbonyl (C=O) groups is 1. The maximum absolute atomic E-state index is 12.6. The third-order valence-corrected chi connectivity index (χ3v) is 5.02. The van der Waals surface area contributed by atoms with Crippen LogP contribution < -0.4 is 0 Å². The Hall–Kier alpha value is -0.630. The molecule has 1 aromatic rings. The third-order valence-electron chi connectivity index (χ3n) is 4.36. The van der Waals surface area contributed by atoms with Crippen LogP contribution in [0.25, 0.3) is 0 Å². The zero-order valence-electron chi connectivity index (χ0n) is 11.4. The van der Waals surface area contributed by atoms with Crippen molar-refractivity contribution in [3.8, 4) is 0 Å². The van der Waals surface area contributed by atoms with E-state index in [9.17, 15) is 4.79 Å². The van der Waals surface area contributed by atoms with Gasteiger partial charge in [0, 0.05) is 16.0 Å². The van der Waals surface area contributed by atoms with Gasteiger partial charge in [-0.05, 0) is 55.7 Å². The minimum absolute atomic E-state index is 0.218. The molecule has 1 fully saturated rings. The fraction of sp³-hybridized carbons (Fsp3) is 0.562. The van der Waals surface area contributed by atoms with Crippen molar-refractivity contribution in [3.63, 3.8) is 0 Å². The Morgan fingerprint density at radius 2 is 1.94 bits per heavy atom. The highest BCUT2D eigenvalue weighted by atomic mass is 79.9. The molecule has 0 heterocycles. The standard InChI is InChI=1S/C16H21BrO/c1-10-4-7-14(15(17)8-10)16(18)13-6-5-11(2)12(3)9-13/h4,7-8,11-13H,5-6,9H2,1-3H3. The molecule has 3 atom stereocenters. The van der Waals surface area contributed by atoms with Gasteiger partial charge in [0.15, 0.2) is 5.78 Å². The van der Waals surface area contributed by atoms with Gasteiger partial charge in [0.1, 0.15) is 0 Å². The fourth-order valence-corrected chi connectivity index (χ4v) is 3.51. The number of hydrogen-bond donors (Lipinski definition) is 0. The molecule has 0 amide bonds. The topological polar surface area (TPSA) is 17.1 Å². The number of hydrogen-bond acceptors (Lipinski definition) is 1. The quantitative estimate of drug-likeness (QED) is 0.702. The van der Waals surface area contributed by atoms with E-state index in [2.05, 4.69) is 29.8 Å². The van der Waals surface area contributed by atoms with E-state index in [1.165, 1.54) is 12.0 Å². The zero-order chi connectivity index (χ0) is 13.3. The molecule has 2 heteroatoms. The summed E-state index contributed by atoms with van der Waals surface area (Å²) in [6.45, 7) is 6.62. The first-order valence-electron chi connectivity index (χ1n) is 6.79. The fourth-order valence-electron chi connectivity index (χ4n) is 2.83. The molecule has 98 valence electrons. The molecule has 0 saturated heterocycles. The van der Waals surface area contributed by atoms with Crippen LogP contribution in [0, 0.1) is 24.7 Å². The minimum Gasteiger partial charge on any atom is -0.294 e. The zero-order valence-corrected chi connectivity index (χ0v) is 13.0. The van der Waals surface area contributed by atoms with E-state index in [-0.39, 0.29) is 5.92 Å². The molecular formula is C16H21BrO. The third kappa shape index (κ3) is 2.85. The van der Waals surface area contributed by atoms with Gasteiger partial charge in [-0.3, -0.25) is 4.79 Å². The molecular weight excluding hydrogens is 288 g/mol.